The third kappa shape index (κ3) is 2.52. The summed E-state index contributed by atoms with van der Waals surface area (Å²) in [6, 6.07) is 4.53. The number of benzene rings is 1. The van der Waals surface area contributed by atoms with Gasteiger partial charge in [0.05, 0.1) is 25.2 Å². The van der Waals surface area contributed by atoms with Gasteiger partial charge in [0.25, 0.3) is 0 Å². The van der Waals surface area contributed by atoms with Gasteiger partial charge in [0.2, 0.25) is 5.91 Å². The molecule has 1 aromatic carbocycles. The van der Waals surface area contributed by atoms with Crippen LogP contribution in [0.3, 0.4) is 0 Å². The Hall–Kier alpha value is -1.46. The smallest absolute Gasteiger partial charge is 0.230 e. The molecule has 98 valence electrons. The van der Waals surface area contributed by atoms with Gasteiger partial charge in [0.1, 0.15) is 5.82 Å². The van der Waals surface area contributed by atoms with Crippen molar-refractivity contribution in [1.82, 2.24) is 5.32 Å². The summed E-state index contributed by atoms with van der Waals surface area (Å²) < 4.78 is 18.4. The van der Waals surface area contributed by atoms with Gasteiger partial charge in [0.15, 0.2) is 0 Å². The lowest BCUT2D eigenvalue weighted by atomic mass is 9.87. The van der Waals surface area contributed by atoms with Crippen molar-refractivity contribution < 1.29 is 19.0 Å². The van der Waals surface area contributed by atoms with Crippen LogP contribution in [0.2, 0.25) is 0 Å². The summed E-state index contributed by atoms with van der Waals surface area (Å²) in [5.41, 5.74) is 0.468. The molecule has 5 heteroatoms. The molecule has 1 saturated heterocycles. The normalized spacial score (nSPS) is 17.1. The number of hydrogen-bond donors (Lipinski definition) is 2. The van der Waals surface area contributed by atoms with E-state index in [0.29, 0.717) is 18.8 Å². The van der Waals surface area contributed by atoms with Crippen molar-refractivity contribution in [2.24, 2.45) is 5.41 Å². The molecule has 4 nitrogen and oxygen atoms in total. The minimum Gasteiger partial charge on any atom is -0.392 e. The maximum atomic E-state index is 13.4. The summed E-state index contributed by atoms with van der Waals surface area (Å²) in [6.07, 6.45) is 0. The van der Waals surface area contributed by atoms with Crippen LogP contribution >= 0.6 is 0 Å². The highest BCUT2D eigenvalue weighted by Gasteiger charge is 2.40. The Bertz CT molecular complexity index is 458. The van der Waals surface area contributed by atoms with Crippen LogP contribution in [0.25, 0.3) is 0 Å². The van der Waals surface area contributed by atoms with Crippen molar-refractivity contribution in [1.29, 1.82) is 0 Å². The van der Waals surface area contributed by atoms with Crippen LogP contribution in [0.1, 0.15) is 18.1 Å². The van der Waals surface area contributed by atoms with Gasteiger partial charge < -0.3 is 15.2 Å². The highest BCUT2D eigenvalue weighted by atomic mass is 19.1. The second-order valence-electron chi connectivity index (χ2n) is 4.82. The minimum absolute atomic E-state index is 0.0830. The highest BCUT2D eigenvalue weighted by molar-refractivity contribution is 5.83. The lowest BCUT2D eigenvalue weighted by Crippen LogP contribution is -2.51. The Kier molecular flexibility index (Phi) is 3.63. The van der Waals surface area contributed by atoms with Crippen LogP contribution in [-0.2, 0) is 22.7 Å². The predicted octanol–water partition coefficient (Wildman–Crippen LogP) is 0.971. The Morgan fingerprint density at radius 2 is 2.28 bits per heavy atom. The van der Waals surface area contributed by atoms with Crippen molar-refractivity contribution in [3.8, 4) is 0 Å². The van der Waals surface area contributed by atoms with E-state index in [-0.39, 0.29) is 24.6 Å². The first-order chi connectivity index (χ1) is 8.55. The molecule has 1 heterocycles. The molecule has 0 atom stereocenters. The predicted molar refractivity (Wildman–Crippen MR) is 63.1 cm³/mol. The van der Waals surface area contributed by atoms with E-state index in [2.05, 4.69) is 5.32 Å². The number of rotatable bonds is 4. The van der Waals surface area contributed by atoms with E-state index in [0.717, 1.165) is 0 Å². The van der Waals surface area contributed by atoms with E-state index in [1.165, 1.54) is 12.1 Å². The first-order valence-corrected chi connectivity index (χ1v) is 5.79. The van der Waals surface area contributed by atoms with Crippen LogP contribution in [0.5, 0.6) is 0 Å². The summed E-state index contributed by atoms with van der Waals surface area (Å²) in [5.74, 6) is -0.539. The molecule has 1 fully saturated rings. The average molecular weight is 253 g/mol. The molecule has 1 aliphatic heterocycles. The molecule has 0 bridgehead atoms. The van der Waals surface area contributed by atoms with E-state index in [1.807, 2.05) is 6.92 Å². The van der Waals surface area contributed by atoms with Gasteiger partial charge in [-0.2, -0.15) is 0 Å². The molecule has 0 unspecified atom stereocenters. The van der Waals surface area contributed by atoms with Crippen molar-refractivity contribution in [2.75, 3.05) is 13.2 Å². The molecule has 0 saturated carbocycles. The zero-order valence-corrected chi connectivity index (χ0v) is 10.2. The van der Waals surface area contributed by atoms with Crippen molar-refractivity contribution in [3.63, 3.8) is 0 Å². The van der Waals surface area contributed by atoms with Gasteiger partial charge in [-0.1, -0.05) is 12.1 Å². The quantitative estimate of drug-likeness (QED) is 0.840. The molecule has 0 aliphatic carbocycles. The number of aliphatic hydroxyl groups is 1. The molecule has 1 aromatic rings. The molecule has 1 aliphatic rings. The molecule has 0 spiro atoms. The third-order valence-electron chi connectivity index (χ3n) is 3.13. The maximum Gasteiger partial charge on any atom is 0.230 e. The average Bonchev–Trinajstić information content (AvgIpc) is 2.33. The summed E-state index contributed by atoms with van der Waals surface area (Å²) in [7, 11) is 0. The fourth-order valence-electron chi connectivity index (χ4n) is 1.76. The van der Waals surface area contributed by atoms with E-state index < -0.39 is 11.2 Å². The molecule has 0 radical (unpaired) electrons. The second-order valence-corrected chi connectivity index (χ2v) is 4.82. The van der Waals surface area contributed by atoms with Crippen LogP contribution < -0.4 is 5.32 Å². The molecule has 2 rings (SSSR count). The Labute approximate surface area is 105 Å². The number of aliphatic hydroxyl groups excluding tert-OH is 1. The molecule has 2 N–H and O–H groups in total. The van der Waals surface area contributed by atoms with Gasteiger partial charge in [0, 0.05) is 12.1 Å². The number of halogens is 1. The van der Waals surface area contributed by atoms with E-state index in [1.54, 1.807) is 6.07 Å². The van der Waals surface area contributed by atoms with Gasteiger partial charge in [-0.3, -0.25) is 4.79 Å². The Morgan fingerprint density at radius 3 is 2.78 bits per heavy atom. The zero-order chi connectivity index (χ0) is 13.2. The van der Waals surface area contributed by atoms with E-state index in [9.17, 15) is 9.18 Å². The first kappa shape index (κ1) is 13.0. The zero-order valence-electron chi connectivity index (χ0n) is 10.2. The summed E-state index contributed by atoms with van der Waals surface area (Å²) in [4.78, 5) is 11.8. The number of ether oxygens (including phenoxy) is 1. The Balaban J connectivity index is 1.94. The lowest BCUT2D eigenvalue weighted by Gasteiger charge is -2.36. The minimum atomic E-state index is -0.456. The number of carbonyl (C=O) groups excluding carboxylic acids is 1. The van der Waals surface area contributed by atoms with Crippen LogP contribution in [0, 0.1) is 11.2 Å². The molecule has 18 heavy (non-hydrogen) atoms. The van der Waals surface area contributed by atoms with Gasteiger partial charge >= 0.3 is 0 Å². The number of amides is 1. The SMILES string of the molecule is CC1(C(=O)NCc2ccc(CO)c(F)c2)COC1. The molecule has 1 amide bonds. The highest BCUT2D eigenvalue weighted by Crippen LogP contribution is 2.26. The number of nitrogens with one attached hydrogen (secondary N) is 1. The van der Waals surface area contributed by atoms with Gasteiger partial charge in [-0.05, 0) is 18.6 Å². The maximum absolute atomic E-state index is 13.4. The van der Waals surface area contributed by atoms with Crippen LogP contribution in [0.15, 0.2) is 18.2 Å². The van der Waals surface area contributed by atoms with Crippen molar-refractivity contribution >= 4 is 5.91 Å². The third-order valence-corrected chi connectivity index (χ3v) is 3.13. The summed E-state index contributed by atoms with van der Waals surface area (Å²) in [6.45, 7) is 2.64. The first-order valence-electron chi connectivity index (χ1n) is 5.79. The largest absolute Gasteiger partial charge is 0.392 e. The van der Waals surface area contributed by atoms with Crippen LogP contribution in [0.4, 0.5) is 4.39 Å². The lowest BCUT2D eigenvalue weighted by molar-refractivity contribution is -0.157. The van der Waals surface area contributed by atoms with Crippen molar-refractivity contribution in [3.05, 3.63) is 35.1 Å². The second kappa shape index (κ2) is 5.04. The number of carbonyl (C=O) groups is 1. The number of hydrogen-bond acceptors (Lipinski definition) is 3. The molecular formula is C13H16FNO3. The van der Waals surface area contributed by atoms with E-state index in [4.69, 9.17) is 9.84 Å². The Morgan fingerprint density at radius 1 is 1.56 bits per heavy atom. The fraction of sp³-hybridized carbons (Fsp3) is 0.462. The monoisotopic (exact) mass is 253 g/mol. The summed E-state index contributed by atoms with van der Waals surface area (Å²) in [5, 5.41) is 11.6. The van der Waals surface area contributed by atoms with Gasteiger partial charge in [-0.25, -0.2) is 4.39 Å². The topological polar surface area (TPSA) is 58.6 Å². The van der Waals surface area contributed by atoms with E-state index >= 15 is 0 Å². The standard InChI is InChI=1S/C13H16FNO3/c1-13(7-18-8-13)12(17)15-5-9-2-3-10(6-16)11(14)4-9/h2-4,16H,5-8H2,1H3,(H,15,17). The van der Waals surface area contributed by atoms with Gasteiger partial charge in [-0.15, -0.1) is 0 Å². The molecular weight excluding hydrogens is 237 g/mol. The molecule has 0 aromatic heterocycles. The van der Waals surface area contributed by atoms with Crippen LogP contribution in [-0.4, -0.2) is 24.2 Å². The summed E-state index contributed by atoms with van der Waals surface area (Å²) >= 11 is 0. The fourth-order valence-corrected chi connectivity index (χ4v) is 1.76. The van der Waals surface area contributed by atoms with Crippen molar-refractivity contribution in [2.45, 2.75) is 20.1 Å².